The van der Waals surface area contributed by atoms with Gasteiger partial charge >= 0.3 is 0 Å². The summed E-state index contributed by atoms with van der Waals surface area (Å²) in [7, 11) is 6.37. The molecule has 12 nitrogen and oxygen atoms in total. The highest BCUT2D eigenvalue weighted by atomic mass is 16.5. The summed E-state index contributed by atoms with van der Waals surface area (Å²) in [5, 5.41) is 13.1. The second kappa shape index (κ2) is 12.6. The second-order valence-electron chi connectivity index (χ2n) is 9.40. The third-order valence-corrected chi connectivity index (χ3v) is 6.84. The zero-order chi connectivity index (χ0) is 28.8. The van der Waals surface area contributed by atoms with Crippen molar-refractivity contribution in [2.75, 3.05) is 35.0 Å². The molecule has 0 aliphatic carbocycles. The topological polar surface area (TPSA) is 130 Å². The Morgan fingerprint density at radius 3 is 2.39 bits per heavy atom. The number of hydrogen-bond acceptors (Lipinski definition) is 10. The predicted octanol–water partition coefficient (Wildman–Crippen LogP) is 3.44. The fraction of sp³-hybridized carbons (Fsp3) is 0.310. The van der Waals surface area contributed by atoms with Crippen LogP contribution in [0.15, 0.2) is 64.0 Å². The van der Waals surface area contributed by atoms with E-state index < -0.39 is 0 Å². The van der Waals surface area contributed by atoms with Gasteiger partial charge in [0.25, 0.3) is 5.56 Å². The van der Waals surface area contributed by atoms with Crippen LogP contribution in [0.5, 0.6) is 23.0 Å². The number of aromatic nitrogens is 5. The number of ether oxygens (including phenoxy) is 4. The summed E-state index contributed by atoms with van der Waals surface area (Å²) < 4.78 is 28.9. The average Bonchev–Trinajstić information content (AvgIpc) is 3.67. The van der Waals surface area contributed by atoms with Crippen LogP contribution in [0.3, 0.4) is 0 Å². The summed E-state index contributed by atoms with van der Waals surface area (Å²) in [6, 6.07) is 15.0. The van der Waals surface area contributed by atoms with Gasteiger partial charge in [-0.3, -0.25) is 9.69 Å². The van der Waals surface area contributed by atoms with Crippen molar-refractivity contribution in [3.63, 3.8) is 0 Å². The standard InChI is InChI=1S/C29H32N6O6/c1-37-24-8-7-19(12-25(24)38-2)9-10-34(18-28-31-32-33-35(28)17-22-6-5-11-41-22)16-21-13-20-14-26(39-3)27(40-4)15-23(20)30-29(21)36/h5-8,11-15H,9-10,16-18H2,1-4H3,(H,30,36). The minimum absolute atomic E-state index is 0.184. The van der Waals surface area contributed by atoms with E-state index in [2.05, 4.69) is 25.4 Å². The number of aromatic amines is 1. The number of nitrogens with one attached hydrogen (secondary N) is 1. The van der Waals surface area contributed by atoms with Crippen molar-refractivity contribution in [3.05, 3.63) is 87.9 Å². The number of rotatable bonds is 13. The Hall–Kier alpha value is -4.84. The number of nitrogens with zero attached hydrogens (tertiary/aromatic N) is 5. The van der Waals surface area contributed by atoms with Crippen molar-refractivity contribution in [2.24, 2.45) is 0 Å². The van der Waals surface area contributed by atoms with Gasteiger partial charge in [0, 0.05) is 30.1 Å². The van der Waals surface area contributed by atoms with E-state index in [1.165, 1.54) is 0 Å². The molecule has 0 fully saturated rings. The molecule has 5 aromatic rings. The molecule has 214 valence electrons. The summed E-state index contributed by atoms with van der Waals surface area (Å²) in [6.45, 7) is 1.79. The van der Waals surface area contributed by atoms with E-state index in [9.17, 15) is 4.79 Å². The van der Waals surface area contributed by atoms with Crippen molar-refractivity contribution in [1.29, 1.82) is 0 Å². The first kappa shape index (κ1) is 27.7. The maximum absolute atomic E-state index is 13.2. The van der Waals surface area contributed by atoms with Crippen LogP contribution >= 0.6 is 0 Å². The maximum Gasteiger partial charge on any atom is 0.252 e. The quantitative estimate of drug-likeness (QED) is 0.229. The molecule has 1 N–H and O–H groups in total. The van der Waals surface area contributed by atoms with Gasteiger partial charge in [0.05, 0.1) is 46.8 Å². The molecule has 0 bridgehead atoms. The Kier molecular flexibility index (Phi) is 8.49. The monoisotopic (exact) mass is 560 g/mol. The fourth-order valence-electron chi connectivity index (χ4n) is 4.68. The van der Waals surface area contributed by atoms with Gasteiger partial charge in [-0.1, -0.05) is 6.07 Å². The highest BCUT2D eigenvalue weighted by Gasteiger charge is 2.17. The van der Waals surface area contributed by atoms with E-state index in [-0.39, 0.29) is 5.56 Å². The number of benzene rings is 2. The fourth-order valence-corrected chi connectivity index (χ4v) is 4.68. The Morgan fingerprint density at radius 1 is 0.902 bits per heavy atom. The van der Waals surface area contributed by atoms with E-state index in [4.69, 9.17) is 23.4 Å². The van der Waals surface area contributed by atoms with Crippen molar-refractivity contribution in [2.45, 2.75) is 26.1 Å². The lowest BCUT2D eigenvalue weighted by Crippen LogP contribution is -2.30. The van der Waals surface area contributed by atoms with Crippen LogP contribution in [-0.2, 0) is 26.1 Å². The Bertz CT molecular complexity index is 1660. The number of furan rings is 1. The molecule has 0 spiro atoms. The summed E-state index contributed by atoms with van der Waals surface area (Å²) in [5.74, 6) is 3.85. The predicted molar refractivity (Wildman–Crippen MR) is 151 cm³/mol. The molecule has 0 saturated carbocycles. The largest absolute Gasteiger partial charge is 0.493 e. The average molecular weight is 561 g/mol. The summed E-state index contributed by atoms with van der Waals surface area (Å²) in [4.78, 5) is 18.3. The van der Waals surface area contributed by atoms with Gasteiger partial charge in [0.2, 0.25) is 0 Å². The molecule has 0 saturated heterocycles. The van der Waals surface area contributed by atoms with Crippen molar-refractivity contribution in [1.82, 2.24) is 30.1 Å². The molecule has 0 aliphatic rings. The minimum Gasteiger partial charge on any atom is -0.493 e. The molecule has 3 aromatic heterocycles. The zero-order valence-corrected chi connectivity index (χ0v) is 23.4. The van der Waals surface area contributed by atoms with Gasteiger partial charge in [-0.15, -0.1) is 5.10 Å². The number of hydrogen-bond donors (Lipinski definition) is 1. The third kappa shape index (κ3) is 6.33. The highest BCUT2D eigenvalue weighted by Crippen LogP contribution is 2.31. The molecule has 0 aliphatic heterocycles. The van der Waals surface area contributed by atoms with E-state index in [1.54, 1.807) is 45.5 Å². The van der Waals surface area contributed by atoms with Gasteiger partial charge in [0.1, 0.15) is 12.3 Å². The molecule has 12 heteroatoms. The van der Waals surface area contributed by atoms with E-state index >= 15 is 0 Å². The number of H-pyrrole nitrogens is 1. The van der Waals surface area contributed by atoms with Crippen molar-refractivity contribution >= 4 is 10.9 Å². The van der Waals surface area contributed by atoms with Crippen LogP contribution in [0.25, 0.3) is 10.9 Å². The lowest BCUT2D eigenvalue weighted by atomic mass is 10.1. The van der Waals surface area contributed by atoms with Gasteiger partial charge in [-0.05, 0) is 58.8 Å². The molecule has 0 amide bonds. The summed E-state index contributed by atoms with van der Waals surface area (Å²) in [5.41, 5.74) is 2.14. The van der Waals surface area contributed by atoms with Crippen LogP contribution in [0.1, 0.15) is 22.7 Å². The van der Waals surface area contributed by atoms with E-state index in [1.807, 2.05) is 42.5 Å². The Morgan fingerprint density at radius 2 is 1.66 bits per heavy atom. The highest BCUT2D eigenvalue weighted by molar-refractivity contribution is 5.83. The molecule has 0 atom stereocenters. The van der Waals surface area contributed by atoms with Crippen LogP contribution in [0.2, 0.25) is 0 Å². The minimum atomic E-state index is -0.184. The van der Waals surface area contributed by atoms with Gasteiger partial charge in [-0.25, -0.2) is 4.68 Å². The molecular weight excluding hydrogens is 528 g/mol. The van der Waals surface area contributed by atoms with Gasteiger partial charge in [-0.2, -0.15) is 0 Å². The number of fused-ring (bicyclic) bond motifs is 1. The molecule has 2 aromatic carbocycles. The van der Waals surface area contributed by atoms with Crippen LogP contribution in [0, 0.1) is 0 Å². The lowest BCUT2D eigenvalue weighted by molar-refractivity contribution is 0.247. The number of methoxy groups -OCH3 is 4. The van der Waals surface area contributed by atoms with Gasteiger partial charge < -0.3 is 28.3 Å². The third-order valence-electron chi connectivity index (χ3n) is 6.84. The first-order valence-corrected chi connectivity index (χ1v) is 13.0. The molecule has 0 unspecified atom stereocenters. The summed E-state index contributed by atoms with van der Waals surface area (Å²) >= 11 is 0. The van der Waals surface area contributed by atoms with Crippen LogP contribution < -0.4 is 24.5 Å². The summed E-state index contributed by atoms with van der Waals surface area (Å²) in [6.07, 6.45) is 2.31. The van der Waals surface area contributed by atoms with E-state index in [0.29, 0.717) is 72.5 Å². The van der Waals surface area contributed by atoms with Crippen LogP contribution in [0.4, 0.5) is 0 Å². The smallest absolute Gasteiger partial charge is 0.252 e. The molecular formula is C29H32N6O6. The normalized spacial score (nSPS) is 11.2. The van der Waals surface area contributed by atoms with Crippen molar-refractivity contribution in [3.8, 4) is 23.0 Å². The van der Waals surface area contributed by atoms with Gasteiger partial charge in [0.15, 0.2) is 28.8 Å². The Labute approximate surface area is 236 Å². The first-order valence-electron chi connectivity index (χ1n) is 13.0. The first-order chi connectivity index (χ1) is 20.0. The molecule has 0 radical (unpaired) electrons. The van der Waals surface area contributed by atoms with Crippen LogP contribution in [-0.4, -0.2) is 65.1 Å². The SMILES string of the molecule is COc1ccc(CCN(Cc2cc3cc(OC)c(OC)cc3[nH]c2=O)Cc2nnnn2Cc2ccco2)cc1OC. The van der Waals surface area contributed by atoms with Crippen molar-refractivity contribution < 1.29 is 23.4 Å². The molecule has 3 heterocycles. The number of tetrazole rings is 1. The maximum atomic E-state index is 13.2. The molecule has 5 rings (SSSR count). The Balaban J connectivity index is 1.43. The van der Waals surface area contributed by atoms with E-state index in [0.717, 1.165) is 16.7 Å². The second-order valence-corrected chi connectivity index (χ2v) is 9.40. The number of pyridine rings is 1. The lowest BCUT2D eigenvalue weighted by Gasteiger charge is -2.22. The molecule has 41 heavy (non-hydrogen) atoms. The zero-order valence-electron chi connectivity index (χ0n) is 23.4.